The van der Waals surface area contributed by atoms with Gasteiger partial charge in [0.2, 0.25) is 5.91 Å². The molecule has 4 rings (SSSR count). The number of alkyl halides is 2. The van der Waals surface area contributed by atoms with Gasteiger partial charge in [-0.25, -0.2) is 4.79 Å². The summed E-state index contributed by atoms with van der Waals surface area (Å²) in [6.07, 6.45) is 1.89. The van der Waals surface area contributed by atoms with E-state index in [1.807, 2.05) is 6.92 Å². The first-order chi connectivity index (χ1) is 15.3. The summed E-state index contributed by atoms with van der Waals surface area (Å²) >= 11 is 0. The van der Waals surface area contributed by atoms with Crippen molar-refractivity contribution in [2.24, 2.45) is 0 Å². The number of halogens is 2. The van der Waals surface area contributed by atoms with E-state index in [9.17, 15) is 23.2 Å². The zero-order valence-corrected chi connectivity index (χ0v) is 17.9. The van der Waals surface area contributed by atoms with Crippen molar-refractivity contribution in [3.05, 3.63) is 59.2 Å². The van der Waals surface area contributed by atoms with E-state index >= 15 is 0 Å². The Kier molecular flexibility index (Phi) is 5.71. The number of amides is 2. The molecule has 1 N–H and O–H groups in total. The van der Waals surface area contributed by atoms with Gasteiger partial charge < -0.3 is 15.0 Å². The first-order valence-electron chi connectivity index (χ1n) is 10.6. The molecule has 1 fully saturated rings. The third-order valence-corrected chi connectivity index (χ3v) is 6.31. The molecule has 0 aromatic heterocycles. The lowest BCUT2D eigenvalue weighted by Crippen LogP contribution is -2.49. The van der Waals surface area contributed by atoms with Crippen LogP contribution in [0.1, 0.15) is 47.7 Å². The molecule has 2 atom stereocenters. The summed E-state index contributed by atoms with van der Waals surface area (Å²) in [4.78, 5) is 39.1. The molecular weight excluding hydrogens is 418 g/mol. The van der Waals surface area contributed by atoms with Crippen LogP contribution < -0.4 is 5.32 Å². The predicted octanol–water partition coefficient (Wildman–Crippen LogP) is 3.48. The summed E-state index contributed by atoms with van der Waals surface area (Å²) in [5.41, 5.74) is 0.649. The second-order valence-corrected chi connectivity index (χ2v) is 8.04. The van der Waals surface area contributed by atoms with Crippen LogP contribution in [0.4, 0.5) is 8.78 Å². The maximum absolute atomic E-state index is 14.7. The van der Waals surface area contributed by atoms with Gasteiger partial charge in [0.15, 0.2) is 0 Å². The zero-order valence-electron chi connectivity index (χ0n) is 17.9. The molecule has 2 aromatic carbocycles. The number of likely N-dealkylation sites (tertiary alicyclic amines) is 1. The molecule has 2 unspecified atom stereocenters. The minimum atomic E-state index is -3.12. The summed E-state index contributed by atoms with van der Waals surface area (Å²) in [5, 5.41) is 2.56. The molecule has 0 spiro atoms. The Bertz CT molecular complexity index is 1090. The average Bonchev–Trinajstić information content (AvgIpc) is 3.34. The van der Waals surface area contributed by atoms with Crippen LogP contribution in [0, 0.1) is 0 Å². The number of nitrogens with zero attached hydrogens (tertiary/aromatic N) is 1. The first-order valence-corrected chi connectivity index (χ1v) is 10.6. The fourth-order valence-corrected chi connectivity index (χ4v) is 4.70. The summed E-state index contributed by atoms with van der Waals surface area (Å²) in [6.45, 7) is 1.63. The van der Waals surface area contributed by atoms with Crippen molar-refractivity contribution in [2.45, 2.75) is 44.2 Å². The van der Waals surface area contributed by atoms with Gasteiger partial charge in [0, 0.05) is 22.7 Å². The van der Waals surface area contributed by atoms with Crippen molar-refractivity contribution < 1.29 is 27.9 Å². The van der Waals surface area contributed by atoms with Crippen LogP contribution >= 0.6 is 0 Å². The summed E-state index contributed by atoms with van der Waals surface area (Å²) in [7, 11) is 1.28. The molecule has 1 aliphatic heterocycles. The quantitative estimate of drug-likeness (QED) is 0.720. The molecule has 32 heavy (non-hydrogen) atoms. The number of ether oxygens (including phenoxy) is 1. The van der Waals surface area contributed by atoms with E-state index in [-0.39, 0.29) is 35.2 Å². The summed E-state index contributed by atoms with van der Waals surface area (Å²) < 4.78 is 34.2. The number of rotatable bonds is 5. The number of methoxy groups -OCH3 is 1. The predicted molar refractivity (Wildman–Crippen MR) is 113 cm³/mol. The number of esters is 1. The van der Waals surface area contributed by atoms with Gasteiger partial charge in [0.05, 0.1) is 13.7 Å². The van der Waals surface area contributed by atoms with E-state index in [0.29, 0.717) is 30.4 Å². The molecule has 1 saturated heterocycles. The van der Waals surface area contributed by atoms with Crippen LogP contribution in [-0.2, 0) is 20.2 Å². The molecular formula is C24H24F2N2O4. The molecule has 2 amide bonds. The zero-order chi connectivity index (χ0) is 23.0. The van der Waals surface area contributed by atoms with Crippen LogP contribution in [0.25, 0.3) is 11.1 Å². The van der Waals surface area contributed by atoms with Gasteiger partial charge in [0.1, 0.15) is 6.04 Å². The lowest BCUT2D eigenvalue weighted by molar-refractivity contribution is -0.151. The van der Waals surface area contributed by atoms with E-state index in [0.717, 1.165) is 0 Å². The van der Waals surface area contributed by atoms with E-state index in [4.69, 9.17) is 4.74 Å². The highest BCUT2D eigenvalue weighted by molar-refractivity contribution is 5.99. The molecule has 0 saturated carbocycles. The second kappa shape index (κ2) is 8.33. The fraction of sp³-hybridized carbons (Fsp3) is 0.375. The number of hydrogen-bond donors (Lipinski definition) is 1. The Balaban J connectivity index is 1.50. The monoisotopic (exact) mass is 442 g/mol. The number of benzene rings is 2. The summed E-state index contributed by atoms with van der Waals surface area (Å²) in [6, 6.07) is 9.48. The van der Waals surface area contributed by atoms with Gasteiger partial charge >= 0.3 is 5.97 Å². The number of carbonyl (C=O) groups is 3. The van der Waals surface area contributed by atoms with Gasteiger partial charge in [-0.15, -0.1) is 0 Å². The van der Waals surface area contributed by atoms with Crippen molar-refractivity contribution in [1.29, 1.82) is 0 Å². The SMILES string of the molecule is CCC1CCC(C(=O)OC)N1C(=O)CNC(=O)c1ccc2c(c1)-c1ccccc1C2(F)F. The van der Waals surface area contributed by atoms with Gasteiger partial charge in [-0.1, -0.05) is 37.3 Å². The highest BCUT2D eigenvalue weighted by atomic mass is 19.3. The maximum Gasteiger partial charge on any atom is 0.328 e. The average molecular weight is 442 g/mol. The van der Waals surface area contributed by atoms with Crippen LogP contribution in [0.2, 0.25) is 0 Å². The van der Waals surface area contributed by atoms with Crippen LogP contribution in [0.15, 0.2) is 42.5 Å². The Morgan fingerprint density at radius 2 is 1.81 bits per heavy atom. The van der Waals surface area contributed by atoms with E-state index < -0.39 is 23.8 Å². The molecule has 2 aromatic rings. The molecule has 168 valence electrons. The minimum Gasteiger partial charge on any atom is -0.467 e. The van der Waals surface area contributed by atoms with E-state index in [1.54, 1.807) is 18.2 Å². The molecule has 1 aliphatic carbocycles. The highest BCUT2D eigenvalue weighted by Gasteiger charge is 2.44. The van der Waals surface area contributed by atoms with Gasteiger partial charge in [-0.05, 0) is 42.5 Å². The number of carbonyl (C=O) groups excluding carboxylic acids is 3. The highest BCUT2D eigenvalue weighted by Crippen LogP contribution is 2.50. The lowest BCUT2D eigenvalue weighted by Gasteiger charge is -2.28. The Hall–Kier alpha value is -3.29. The standard InChI is InChI=1S/C24H24F2N2O4/c1-3-15-9-11-20(23(31)32-2)28(15)21(29)13-27-22(30)14-8-10-19-17(12-14)16-6-4-5-7-18(16)24(19,25)26/h4-8,10,12,15,20H,3,9,11,13H2,1-2H3,(H,27,30). The molecule has 1 heterocycles. The summed E-state index contributed by atoms with van der Waals surface area (Å²) in [5.74, 6) is -4.52. The minimum absolute atomic E-state index is 0.0868. The van der Waals surface area contributed by atoms with E-state index in [2.05, 4.69) is 5.32 Å². The first kappa shape index (κ1) is 21.9. The van der Waals surface area contributed by atoms with Gasteiger partial charge in [-0.3, -0.25) is 9.59 Å². The number of fused-ring (bicyclic) bond motifs is 3. The number of hydrogen-bond acceptors (Lipinski definition) is 4. The normalized spacial score (nSPS) is 20.4. The fourth-order valence-electron chi connectivity index (χ4n) is 4.70. The van der Waals surface area contributed by atoms with Crippen molar-refractivity contribution in [3.63, 3.8) is 0 Å². The Labute approximate surface area is 184 Å². The van der Waals surface area contributed by atoms with Crippen molar-refractivity contribution in [2.75, 3.05) is 13.7 Å². The van der Waals surface area contributed by atoms with Crippen molar-refractivity contribution in [1.82, 2.24) is 10.2 Å². The number of nitrogens with one attached hydrogen (secondary N) is 1. The maximum atomic E-state index is 14.7. The Morgan fingerprint density at radius 3 is 2.53 bits per heavy atom. The largest absolute Gasteiger partial charge is 0.467 e. The van der Waals surface area contributed by atoms with Crippen molar-refractivity contribution >= 4 is 17.8 Å². The molecule has 0 bridgehead atoms. The van der Waals surface area contributed by atoms with Crippen LogP contribution in [0.3, 0.4) is 0 Å². The Morgan fingerprint density at radius 1 is 1.09 bits per heavy atom. The molecule has 2 aliphatic rings. The third kappa shape index (κ3) is 3.53. The second-order valence-electron chi connectivity index (χ2n) is 8.04. The lowest BCUT2D eigenvalue weighted by atomic mass is 10.0. The molecule has 0 radical (unpaired) electrons. The van der Waals surface area contributed by atoms with Crippen LogP contribution in [-0.4, -0.2) is 48.4 Å². The molecule has 6 nitrogen and oxygen atoms in total. The van der Waals surface area contributed by atoms with Gasteiger partial charge in [0.25, 0.3) is 11.8 Å². The smallest absolute Gasteiger partial charge is 0.328 e. The third-order valence-electron chi connectivity index (χ3n) is 6.31. The van der Waals surface area contributed by atoms with E-state index in [1.165, 1.54) is 36.3 Å². The van der Waals surface area contributed by atoms with Gasteiger partial charge in [-0.2, -0.15) is 8.78 Å². The topological polar surface area (TPSA) is 75.7 Å². The van der Waals surface area contributed by atoms with Crippen molar-refractivity contribution in [3.8, 4) is 11.1 Å². The molecule has 8 heteroatoms. The van der Waals surface area contributed by atoms with Crippen LogP contribution in [0.5, 0.6) is 0 Å².